The third-order valence-corrected chi connectivity index (χ3v) is 0.252. The van der Waals surface area contributed by atoms with Crippen LogP contribution in [0.1, 0.15) is 6.92 Å². The van der Waals surface area contributed by atoms with Gasteiger partial charge in [0.2, 0.25) is 0 Å². The molecule has 7 heavy (non-hydrogen) atoms. The lowest BCUT2D eigenvalue weighted by Crippen LogP contribution is -1.50. The van der Waals surface area contributed by atoms with E-state index >= 15 is 0 Å². The van der Waals surface area contributed by atoms with E-state index in [1.807, 2.05) is 0 Å². The van der Waals surface area contributed by atoms with Crippen LogP contribution in [-0.4, -0.2) is 6.21 Å². The van der Waals surface area contributed by atoms with Crippen molar-refractivity contribution in [2.24, 2.45) is 20.8 Å². The molecule has 0 amide bonds. The largest absolute Gasteiger partial charge is 0.183 e. The van der Waals surface area contributed by atoms with Crippen molar-refractivity contribution < 1.29 is 0 Å². The molecule has 0 spiro atoms. The first kappa shape index (κ1) is 5.87. The second-order valence-corrected chi connectivity index (χ2v) is 0.653. The van der Waals surface area contributed by atoms with Crippen molar-refractivity contribution in [2.75, 3.05) is 0 Å². The van der Waals surface area contributed by atoms with Crippen LogP contribution < -0.4 is 0 Å². The smallest absolute Gasteiger partial charge is 0.0258 e. The molecule has 0 aliphatic rings. The van der Waals surface area contributed by atoms with Crippen molar-refractivity contribution in [2.45, 2.75) is 6.92 Å². The van der Waals surface area contributed by atoms with Gasteiger partial charge in [0.15, 0.2) is 0 Å². The van der Waals surface area contributed by atoms with Gasteiger partial charge in [-0.3, -0.25) is 0 Å². The molecule has 5 nitrogen and oxygen atoms in total. The van der Waals surface area contributed by atoms with E-state index in [4.69, 9.17) is 5.53 Å². The lowest BCUT2D eigenvalue weighted by molar-refractivity contribution is 0.861. The SMILES string of the molecule is CC=NN=NN=N. The molecule has 38 valence electrons. The second-order valence-electron chi connectivity index (χ2n) is 0.653. The molecule has 0 aliphatic heterocycles. The minimum Gasteiger partial charge on any atom is -0.183 e. The van der Waals surface area contributed by atoms with Gasteiger partial charge in [0.05, 0.1) is 0 Å². The normalized spacial score (nSPS) is 11.0. The standard InChI is InChI=1S/C2H5N5/c1-2-4-6-7-5-3/h2-3H,1H3. The molecule has 5 heteroatoms. The van der Waals surface area contributed by atoms with E-state index in [0.29, 0.717) is 0 Å². The topological polar surface area (TPSA) is 73.3 Å². The first-order valence-electron chi connectivity index (χ1n) is 1.66. The fraction of sp³-hybridized carbons (Fsp3) is 0.500. The van der Waals surface area contributed by atoms with Gasteiger partial charge in [-0.1, -0.05) is 0 Å². The molecular weight excluding hydrogens is 94.1 g/mol. The average molecular weight is 99.1 g/mol. The fourth-order valence-electron chi connectivity index (χ4n) is 0.0947. The molecule has 0 atom stereocenters. The van der Waals surface area contributed by atoms with Crippen LogP contribution in [0.3, 0.4) is 0 Å². The van der Waals surface area contributed by atoms with Crippen molar-refractivity contribution >= 4 is 6.21 Å². The van der Waals surface area contributed by atoms with Crippen LogP contribution in [0.5, 0.6) is 0 Å². The maximum absolute atomic E-state index is 6.07. The second kappa shape index (κ2) is 4.87. The van der Waals surface area contributed by atoms with E-state index in [1.54, 1.807) is 6.92 Å². The minimum absolute atomic E-state index is 1.45. The number of hydrogen-bond acceptors (Lipinski definition) is 2. The molecule has 0 aliphatic carbocycles. The van der Waals surface area contributed by atoms with E-state index in [-0.39, 0.29) is 0 Å². The van der Waals surface area contributed by atoms with E-state index in [2.05, 4.69) is 20.8 Å². The molecule has 0 aromatic rings. The highest BCUT2D eigenvalue weighted by atomic mass is 15.5. The summed E-state index contributed by atoms with van der Waals surface area (Å²) in [5.41, 5.74) is 6.07. The molecule has 0 unspecified atom stereocenters. The minimum atomic E-state index is 1.45. The van der Waals surface area contributed by atoms with Crippen molar-refractivity contribution in [1.29, 1.82) is 5.53 Å². The number of rotatable bonds is 2. The van der Waals surface area contributed by atoms with Crippen LogP contribution in [0.25, 0.3) is 0 Å². The van der Waals surface area contributed by atoms with Crippen LogP contribution >= 0.6 is 0 Å². The summed E-state index contributed by atoms with van der Waals surface area (Å²) >= 11 is 0. The molecular formula is C2H5N5. The van der Waals surface area contributed by atoms with Gasteiger partial charge in [0, 0.05) is 6.21 Å². The summed E-state index contributed by atoms with van der Waals surface area (Å²) in [6.45, 7) is 1.70. The first-order chi connectivity index (χ1) is 3.41. The number of hydrogen-bond donors (Lipinski definition) is 1. The van der Waals surface area contributed by atoms with Crippen LogP contribution in [0.2, 0.25) is 0 Å². The summed E-state index contributed by atoms with van der Waals surface area (Å²) in [5.74, 6) is 0. The summed E-state index contributed by atoms with van der Waals surface area (Å²) in [6.07, 6.45) is 1.45. The van der Waals surface area contributed by atoms with E-state index in [1.165, 1.54) is 6.21 Å². The Hall–Kier alpha value is -1.13. The summed E-state index contributed by atoms with van der Waals surface area (Å²) in [5, 5.41) is 11.8. The van der Waals surface area contributed by atoms with Crippen LogP contribution in [0, 0.1) is 5.53 Å². The van der Waals surface area contributed by atoms with Gasteiger partial charge in [0.25, 0.3) is 0 Å². The molecule has 0 aromatic heterocycles. The zero-order valence-electron chi connectivity index (χ0n) is 3.87. The Bertz CT molecular complexity index is 92.3. The maximum Gasteiger partial charge on any atom is 0.0258 e. The monoisotopic (exact) mass is 99.1 g/mol. The summed E-state index contributed by atoms with van der Waals surface area (Å²) in [6, 6.07) is 0. The third-order valence-electron chi connectivity index (χ3n) is 0.252. The van der Waals surface area contributed by atoms with Gasteiger partial charge >= 0.3 is 0 Å². The van der Waals surface area contributed by atoms with Crippen molar-refractivity contribution in [3.05, 3.63) is 0 Å². The Morgan fingerprint density at radius 1 is 1.43 bits per heavy atom. The lowest BCUT2D eigenvalue weighted by Gasteiger charge is -1.63. The highest BCUT2D eigenvalue weighted by Gasteiger charge is 1.54. The van der Waals surface area contributed by atoms with Gasteiger partial charge in [-0.15, -0.1) is 5.10 Å². The zero-order valence-corrected chi connectivity index (χ0v) is 3.87. The van der Waals surface area contributed by atoms with Gasteiger partial charge in [-0.05, 0) is 22.6 Å². The molecule has 0 rings (SSSR count). The van der Waals surface area contributed by atoms with E-state index in [0.717, 1.165) is 0 Å². The van der Waals surface area contributed by atoms with Gasteiger partial charge < -0.3 is 0 Å². The third kappa shape index (κ3) is 4.87. The van der Waals surface area contributed by atoms with Gasteiger partial charge in [-0.25, -0.2) is 0 Å². The zero-order chi connectivity index (χ0) is 5.54. The van der Waals surface area contributed by atoms with Gasteiger partial charge in [-0.2, -0.15) is 5.53 Å². The Morgan fingerprint density at radius 3 is 2.57 bits per heavy atom. The predicted molar refractivity (Wildman–Crippen MR) is 24.2 cm³/mol. The van der Waals surface area contributed by atoms with Crippen molar-refractivity contribution in [3.63, 3.8) is 0 Å². The Kier molecular flexibility index (Phi) is 4.08. The first-order valence-corrected chi connectivity index (χ1v) is 1.66. The number of nitrogens with one attached hydrogen (secondary N) is 1. The molecule has 0 fully saturated rings. The summed E-state index contributed by atoms with van der Waals surface area (Å²) in [7, 11) is 0. The predicted octanol–water partition coefficient (Wildman–Crippen LogP) is 1.39. The molecule has 0 saturated carbocycles. The summed E-state index contributed by atoms with van der Waals surface area (Å²) < 4.78 is 0. The van der Waals surface area contributed by atoms with E-state index < -0.39 is 0 Å². The Balaban J connectivity index is 3.27. The molecule has 0 bridgehead atoms. The number of nitrogens with zero attached hydrogens (tertiary/aromatic N) is 4. The lowest BCUT2D eigenvalue weighted by atomic mass is 10.9. The maximum atomic E-state index is 6.07. The summed E-state index contributed by atoms with van der Waals surface area (Å²) in [4.78, 5) is 0. The van der Waals surface area contributed by atoms with Crippen LogP contribution in [0.15, 0.2) is 20.8 Å². The fourth-order valence-corrected chi connectivity index (χ4v) is 0.0947. The van der Waals surface area contributed by atoms with E-state index in [9.17, 15) is 0 Å². The van der Waals surface area contributed by atoms with Crippen LogP contribution in [-0.2, 0) is 0 Å². The van der Waals surface area contributed by atoms with Crippen molar-refractivity contribution in [3.8, 4) is 0 Å². The average Bonchev–Trinajstić information content (AvgIpc) is 1.69. The molecule has 0 saturated heterocycles. The highest BCUT2D eigenvalue weighted by molar-refractivity contribution is 5.52. The van der Waals surface area contributed by atoms with Gasteiger partial charge in [0.1, 0.15) is 0 Å². The van der Waals surface area contributed by atoms with Crippen molar-refractivity contribution in [1.82, 2.24) is 0 Å². The highest BCUT2D eigenvalue weighted by Crippen LogP contribution is 1.73. The molecule has 0 heterocycles. The molecule has 0 aromatic carbocycles. The molecule has 1 N–H and O–H groups in total. The van der Waals surface area contributed by atoms with Crippen LogP contribution in [0.4, 0.5) is 0 Å². The molecule has 0 radical (unpaired) electrons. The Labute approximate surface area is 40.6 Å². The Morgan fingerprint density at radius 2 is 2.14 bits per heavy atom. The quantitative estimate of drug-likeness (QED) is 0.308.